The lowest BCUT2D eigenvalue weighted by molar-refractivity contribution is 0.687. The first-order valence-corrected chi connectivity index (χ1v) is 6.55. The van der Waals surface area contributed by atoms with Gasteiger partial charge in [0, 0.05) is 4.47 Å². The second-order valence-corrected chi connectivity index (χ2v) is 5.19. The Morgan fingerprint density at radius 2 is 2.29 bits per heavy atom. The molecular weight excluding hydrogens is 280 g/mol. The third-order valence-electron chi connectivity index (χ3n) is 2.70. The maximum Gasteiger partial charge on any atom is 0.206 e. The Labute approximate surface area is 110 Å². The van der Waals surface area contributed by atoms with E-state index in [1.807, 2.05) is 12.1 Å². The molecule has 1 aromatic rings. The molecule has 5 heteroatoms. The summed E-state index contributed by atoms with van der Waals surface area (Å²) in [6.07, 6.45) is 2.33. The van der Waals surface area contributed by atoms with Gasteiger partial charge in [-0.15, -0.1) is 0 Å². The van der Waals surface area contributed by atoms with Gasteiger partial charge >= 0.3 is 0 Å². The van der Waals surface area contributed by atoms with E-state index in [2.05, 4.69) is 50.7 Å². The highest BCUT2D eigenvalue weighted by Gasteiger charge is 2.21. The molecule has 1 aliphatic carbocycles. The zero-order chi connectivity index (χ0) is 12.3. The van der Waals surface area contributed by atoms with E-state index in [9.17, 15) is 0 Å². The molecule has 17 heavy (non-hydrogen) atoms. The quantitative estimate of drug-likeness (QED) is 0.346. The maximum atomic E-state index is 5.45. The Kier molecular flexibility index (Phi) is 4.02. The summed E-state index contributed by atoms with van der Waals surface area (Å²) in [5, 5.41) is 3.27. The third-order valence-corrected chi connectivity index (χ3v) is 3.19. The van der Waals surface area contributed by atoms with Crippen LogP contribution in [-0.4, -0.2) is 12.0 Å². The second kappa shape index (κ2) is 5.51. The van der Waals surface area contributed by atoms with E-state index in [0.29, 0.717) is 12.0 Å². The second-order valence-electron chi connectivity index (χ2n) is 4.27. The van der Waals surface area contributed by atoms with E-state index in [-0.39, 0.29) is 6.04 Å². The molecule has 4 nitrogen and oxygen atoms in total. The molecule has 0 aromatic heterocycles. The first-order valence-electron chi connectivity index (χ1n) is 5.75. The minimum atomic E-state index is 0.168. The van der Waals surface area contributed by atoms with Crippen LogP contribution in [0.5, 0.6) is 0 Å². The van der Waals surface area contributed by atoms with Crippen molar-refractivity contribution < 1.29 is 0 Å². The smallest absolute Gasteiger partial charge is 0.206 e. The molecule has 1 saturated carbocycles. The summed E-state index contributed by atoms with van der Waals surface area (Å²) in [7, 11) is 0. The van der Waals surface area contributed by atoms with Gasteiger partial charge in [0.25, 0.3) is 0 Å². The molecule has 0 aliphatic heterocycles. The van der Waals surface area contributed by atoms with Gasteiger partial charge in [0.2, 0.25) is 5.96 Å². The van der Waals surface area contributed by atoms with E-state index in [1.165, 1.54) is 5.56 Å². The first-order chi connectivity index (χ1) is 8.19. The first kappa shape index (κ1) is 12.4. The predicted molar refractivity (Wildman–Crippen MR) is 73.5 cm³/mol. The lowest BCUT2D eigenvalue weighted by atomic mass is 10.1. The predicted octanol–water partition coefficient (Wildman–Crippen LogP) is 2.08. The average Bonchev–Trinajstić information content (AvgIpc) is 3.12. The van der Waals surface area contributed by atoms with Crippen molar-refractivity contribution in [3.8, 4) is 0 Å². The molecule has 0 spiro atoms. The molecule has 1 aromatic carbocycles. The fourth-order valence-corrected chi connectivity index (χ4v) is 1.98. The van der Waals surface area contributed by atoms with E-state index in [1.54, 1.807) is 0 Å². The van der Waals surface area contributed by atoms with Gasteiger partial charge in [-0.05, 0) is 37.5 Å². The number of nitrogens with two attached hydrogens (primary N) is 1. The van der Waals surface area contributed by atoms with Crippen molar-refractivity contribution >= 4 is 21.9 Å². The molecule has 92 valence electrons. The molecule has 1 unspecified atom stereocenters. The van der Waals surface area contributed by atoms with Crippen LogP contribution < -0.4 is 16.6 Å². The highest BCUT2D eigenvalue weighted by Crippen LogP contribution is 2.23. The number of nitrogens with zero attached hydrogens (tertiary/aromatic N) is 1. The van der Waals surface area contributed by atoms with Gasteiger partial charge < -0.3 is 5.32 Å². The average molecular weight is 297 g/mol. The number of guanidine groups is 1. The van der Waals surface area contributed by atoms with Crippen molar-refractivity contribution in [2.45, 2.75) is 31.8 Å². The zero-order valence-corrected chi connectivity index (χ0v) is 11.4. The number of benzene rings is 1. The van der Waals surface area contributed by atoms with Crippen LogP contribution in [0.25, 0.3) is 0 Å². The summed E-state index contributed by atoms with van der Waals surface area (Å²) in [4.78, 5) is 4.45. The summed E-state index contributed by atoms with van der Waals surface area (Å²) in [5.74, 6) is 6.12. The Balaban J connectivity index is 2.02. The molecule has 0 heterocycles. The lowest BCUT2D eigenvalue weighted by Gasteiger charge is -2.17. The monoisotopic (exact) mass is 296 g/mol. The van der Waals surface area contributed by atoms with E-state index in [0.717, 1.165) is 17.3 Å². The van der Waals surface area contributed by atoms with Crippen molar-refractivity contribution in [3.63, 3.8) is 0 Å². The molecule has 0 saturated heterocycles. The minimum Gasteiger partial charge on any atom is -0.349 e. The summed E-state index contributed by atoms with van der Waals surface area (Å²) in [6.45, 7) is 2.08. The van der Waals surface area contributed by atoms with Crippen molar-refractivity contribution in [2.75, 3.05) is 0 Å². The molecular formula is C12H17BrN4. The number of rotatable bonds is 3. The number of halogens is 1. The maximum absolute atomic E-state index is 5.45. The van der Waals surface area contributed by atoms with Gasteiger partial charge in [0.1, 0.15) is 0 Å². The van der Waals surface area contributed by atoms with Crippen molar-refractivity contribution in [1.29, 1.82) is 0 Å². The van der Waals surface area contributed by atoms with Gasteiger partial charge in [-0.1, -0.05) is 28.1 Å². The van der Waals surface area contributed by atoms with Gasteiger partial charge in [-0.25, -0.2) is 10.8 Å². The number of nitrogens with one attached hydrogen (secondary N) is 2. The van der Waals surface area contributed by atoms with Gasteiger partial charge in [0.15, 0.2) is 0 Å². The minimum absolute atomic E-state index is 0.168. The van der Waals surface area contributed by atoms with E-state index < -0.39 is 0 Å². The Morgan fingerprint density at radius 3 is 2.88 bits per heavy atom. The van der Waals surface area contributed by atoms with Gasteiger partial charge in [-0.3, -0.25) is 5.43 Å². The fourth-order valence-electron chi connectivity index (χ4n) is 1.57. The standard InChI is InChI=1S/C12H17BrN4/c1-8(9-3-2-4-10(13)7-9)15-12(17-14)16-11-5-6-11/h2-4,7-8,11H,5-6,14H2,1H3,(H2,15,16,17). The Bertz CT molecular complexity index is 415. The van der Waals surface area contributed by atoms with E-state index >= 15 is 0 Å². The van der Waals surface area contributed by atoms with Crippen molar-refractivity contribution in [3.05, 3.63) is 34.3 Å². The Hall–Kier alpha value is -1.07. The van der Waals surface area contributed by atoms with Crippen LogP contribution in [-0.2, 0) is 0 Å². The summed E-state index contributed by atoms with van der Waals surface area (Å²) < 4.78 is 1.07. The van der Waals surface area contributed by atoms with Crippen LogP contribution in [0.15, 0.2) is 33.7 Å². The van der Waals surface area contributed by atoms with Crippen LogP contribution in [0.4, 0.5) is 0 Å². The third kappa shape index (κ3) is 3.71. The fraction of sp³-hybridized carbons (Fsp3) is 0.417. The highest BCUT2D eigenvalue weighted by atomic mass is 79.9. The summed E-state index contributed by atoms with van der Waals surface area (Å²) >= 11 is 3.47. The SMILES string of the molecule is CC(NC(=NC1CC1)NN)c1cccc(Br)c1. The molecule has 0 amide bonds. The normalized spacial score (nSPS) is 17.7. The topological polar surface area (TPSA) is 62.4 Å². The van der Waals surface area contributed by atoms with Crippen molar-refractivity contribution in [1.82, 2.24) is 10.7 Å². The van der Waals surface area contributed by atoms with E-state index in [4.69, 9.17) is 5.84 Å². The molecule has 0 bridgehead atoms. The van der Waals surface area contributed by atoms with Crippen LogP contribution >= 0.6 is 15.9 Å². The molecule has 1 fully saturated rings. The van der Waals surface area contributed by atoms with Crippen LogP contribution in [0.2, 0.25) is 0 Å². The van der Waals surface area contributed by atoms with Gasteiger partial charge in [-0.2, -0.15) is 0 Å². The van der Waals surface area contributed by atoms with Crippen molar-refractivity contribution in [2.24, 2.45) is 10.8 Å². The molecule has 0 radical (unpaired) electrons. The molecule has 2 rings (SSSR count). The summed E-state index contributed by atoms with van der Waals surface area (Å²) in [5.41, 5.74) is 3.81. The summed E-state index contributed by atoms with van der Waals surface area (Å²) in [6, 6.07) is 8.81. The van der Waals surface area contributed by atoms with Gasteiger partial charge in [0.05, 0.1) is 12.1 Å². The van der Waals surface area contributed by atoms with Crippen LogP contribution in [0, 0.1) is 0 Å². The molecule has 1 aliphatic rings. The molecule has 4 N–H and O–H groups in total. The highest BCUT2D eigenvalue weighted by molar-refractivity contribution is 9.10. The molecule has 1 atom stereocenters. The Morgan fingerprint density at radius 1 is 1.53 bits per heavy atom. The largest absolute Gasteiger partial charge is 0.349 e. The zero-order valence-electron chi connectivity index (χ0n) is 9.78. The number of aliphatic imine (C=N–C) groups is 1. The van der Waals surface area contributed by atoms with Crippen LogP contribution in [0.1, 0.15) is 31.4 Å². The lowest BCUT2D eigenvalue weighted by Crippen LogP contribution is -2.42. The number of hydrogen-bond acceptors (Lipinski definition) is 2. The van der Waals surface area contributed by atoms with Crippen LogP contribution in [0.3, 0.4) is 0 Å². The number of hydrazine groups is 1. The number of hydrogen-bond donors (Lipinski definition) is 3.